The van der Waals surface area contributed by atoms with E-state index in [0.29, 0.717) is 130 Å². The zero-order valence-corrected chi connectivity index (χ0v) is 23.6. The Kier molecular flexibility index (Phi) is 26.7. The third kappa shape index (κ3) is 30.8. The summed E-state index contributed by atoms with van der Waals surface area (Å²) in [5.41, 5.74) is 0. The van der Waals surface area contributed by atoms with Crippen LogP contribution in [0.4, 0.5) is 0 Å². The highest BCUT2D eigenvalue weighted by Crippen LogP contribution is 1.98. The van der Waals surface area contributed by atoms with Gasteiger partial charge in [0.05, 0.1) is 92.5 Å². The Bertz CT molecular complexity index is 478. The van der Waals surface area contributed by atoms with Gasteiger partial charge in [0.2, 0.25) is 11.8 Å². The number of hydrogen-bond donors (Lipinski definition) is 2. The van der Waals surface area contributed by atoms with Crippen molar-refractivity contribution in [3.8, 4) is 0 Å². The molecule has 0 aliphatic rings. The monoisotopic (exact) mass is 536 g/mol. The second-order valence-corrected chi connectivity index (χ2v) is 9.18. The van der Waals surface area contributed by atoms with Crippen LogP contribution >= 0.6 is 0 Å². The van der Waals surface area contributed by atoms with Crippen LogP contribution in [0.25, 0.3) is 0 Å². The lowest BCUT2D eigenvalue weighted by molar-refractivity contribution is -0.122. The molecule has 0 radical (unpaired) electrons. The number of amides is 2. The van der Waals surface area contributed by atoms with Crippen molar-refractivity contribution in [2.24, 2.45) is 11.8 Å². The van der Waals surface area contributed by atoms with Crippen LogP contribution in [0.5, 0.6) is 0 Å². The molecule has 2 N–H and O–H groups in total. The summed E-state index contributed by atoms with van der Waals surface area (Å²) in [7, 11) is 0. The number of carbonyl (C=O) groups is 2. The lowest BCUT2D eigenvalue weighted by atomic mass is 10.1. The average Bonchev–Trinajstić information content (AvgIpc) is 2.83. The summed E-state index contributed by atoms with van der Waals surface area (Å²) in [6.07, 6.45) is 1.08. The van der Waals surface area contributed by atoms with Crippen molar-refractivity contribution >= 4 is 11.8 Å². The smallest absolute Gasteiger partial charge is 0.220 e. The predicted octanol–water partition coefficient (Wildman–Crippen LogP) is 1.43. The molecule has 0 fully saturated rings. The van der Waals surface area contributed by atoms with Gasteiger partial charge in [0, 0.05) is 25.9 Å². The molecule has 37 heavy (non-hydrogen) atoms. The molecule has 0 rings (SSSR count). The second kappa shape index (κ2) is 27.7. The number of carbonyl (C=O) groups excluding carboxylic acids is 2. The summed E-state index contributed by atoms with van der Waals surface area (Å²) in [6.45, 7) is 16.0. The van der Waals surface area contributed by atoms with E-state index in [-0.39, 0.29) is 11.8 Å². The molecule has 0 bridgehead atoms. The standard InChI is InChI=1S/C26H52N2O9/c1-23(2)21-25(29)27-5-7-31-9-11-33-13-15-35-17-19-37-20-18-36-16-14-34-12-10-32-8-6-28-26(30)22-24(3)4/h23-24H,5-22H2,1-4H3,(H,27,29)(H,28,30). The van der Waals surface area contributed by atoms with Gasteiger partial charge < -0.3 is 43.8 Å². The summed E-state index contributed by atoms with van der Waals surface area (Å²) in [4.78, 5) is 22.9. The minimum atomic E-state index is 0.0595. The first-order valence-electron chi connectivity index (χ1n) is 13.5. The van der Waals surface area contributed by atoms with Gasteiger partial charge in [-0.2, -0.15) is 0 Å². The lowest BCUT2D eigenvalue weighted by Crippen LogP contribution is -2.28. The molecule has 11 nitrogen and oxygen atoms in total. The Morgan fingerprint density at radius 1 is 0.432 bits per heavy atom. The van der Waals surface area contributed by atoms with Crippen molar-refractivity contribution < 1.29 is 42.7 Å². The van der Waals surface area contributed by atoms with Gasteiger partial charge in [-0.05, 0) is 11.8 Å². The molecule has 0 aromatic rings. The fourth-order valence-corrected chi connectivity index (χ4v) is 2.83. The van der Waals surface area contributed by atoms with Gasteiger partial charge in [0.15, 0.2) is 0 Å². The molecule has 0 aromatic heterocycles. The Balaban J connectivity index is 3.12. The van der Waals surface area contributed by atoms with Crippen LogP contribution in [0.15, 0.2) is 0 Å². The Morgan fingerprint density at radius 3 is 0.865 bits per heavy atom. The van der Waals surface area contributed by atoms with Crippen LogP contribution in [0, 0.1) is 11.8 Å². The molecule has 0 unspecified atom stereocenters. The molecule has 11 heteroatoms. The summed E-state index contributed by atoms with van der Waals surface area (Å²) < 4.78 is 38.0. The van der Waals surface area contributed by atoms with E-state index in [2.05, 4.69) is 10.6 Å². The fraction of sp³-hybridized carbons (Fsp3) is 0.923. The Morgan fingerprint density at radius 2 is 0.649 bits per heavy atom. The van der Waals surface area contributed by atoms with E-state index >= 15 is 0 Å². The van der Waals surface area contributed by atoms with E-state index in [9.17, 15) is 9.59 Å². The highest BCUT2D eigenvalue weighted by Gasteiger charge is 2.04. The van der Waals surface area contributed by atoms with Gasteiger partial charge in [-0.15, -0.1) is 0 Å². The lowest BCUT2D eigenvalue weighted by Gasteiger charge is -2.09. The fourth-order valence-electron chi connectivity index (χ4n) is 2.83. The van der Waals surface area contributed by atoms with Crippen LogP contribution < -0.4 is 10.6 Å². The molecule has 0 spiro atoms. The molecule has 0 saturated carbocycles. The van der Waals surface area contributed by atoms with Gasteiger partial charge in [-0.25, -0.2) is 0 Å². The van der Waals surface area contributed by atoms with E-state index in [4.69, 9.17) is 33.2 Å². The maximum absolute atomic E-state index is 11.5. The molecular formula is C26H52N2O9. The maximum Gasteiger partial charge on any atom is 0.220 e. The van der Waals surface area contributed by atoms with Crippen molar-refractivity contribution in [3.05, 3.63) is 0 Å². The van der Waals surface area contributed by atoms with Crippen molar-refractivity contribution in [2.75, 3.05) is 106 Å². The Labute approximate surface area is 223 Å². The molecule has 2 amide bonds. The largest absolute Gasteiger partial charge is 0.377 e. The maximum atomic E-state index is 11.5. The number of hydrogen-bond acceptors (Lipinski definition) is 9. The minimum absolute atomic E-state index is 0.0595. The zero-order valence-electron chi connectivity index (χ0n) is 23.6. The average molecular weight is 537 g/mol. The molecule has 220 valence electrons. The topological polar surface area (TPSA) is 123 Å². The summed E-state index contributed by atoms with van der Waals surface area (Å²) in [5.74, 6) is 0.840. The molecular weight excluding hydrogens is 484 g/mol. The SMILES string of the molecule is CC(C)CC(=O)NCCOCCOCCOCCOCCOCCOCCOCCNC(=O)CC(C)C. The van der Waals surface area contributed by atoms with Crippen LogP contribution in [0.1, 0.15) is 40.5 Å². The summed E-state index contributed by atoms with van der Waals surface area (Å²) in [5, 5.41) is 5.64. The number of rotatable bonds is 28. The first-order valence-corrected chi connectivity index (χ1v) is 13.5. The third-order valence-corrected chi connectivity index (χ3v) is 4.56. The van der Waals surface area contributed by atoms with E-state index < -0.39 is 0 Å². The van der Waals surface area contributed by atoms with Gasteiger partial charge in [0.1, 0.15) is 0 Å². The van der Waals surface area contributed by atoms with Gasteiger partial charge in [-0.3, -0.25) is 9.59 Å². The molecule has 0 heterocycles. The van der Waals surface area contributed by atoms with Crippen LogP contribution in [-0.2, 0) is 42.7 Å². The zero-order chi connectivity index (χ0) is 27.4. The van der Waals surface area contributed by atoms with Crippen molar-refractivity contribution in [1.29, 1.82) is 0 Å². The van der Waals surface area contributed by atoms with Crippen molar-refractivity contribution in [1.82, 2.24) is 10.6 Å². The second-order valence-electron chi connectivity index (χ2n) is 9.18. The quantitative estimate of drug-likeness (QED) is 0.143. The molecule has 0 aliphatic heterocycles. The minimum Gasteiger partial charge on any atom is -0.377 e. The van der Waals surface area contributed by atoms with E-state index in [1.165, 1.54) is 0 Å². The molecule has 0 saturated heterocycles. The van der Waals surface area contributed by atoms with E-state index in [0.717, 1.165) is 0 Å². The molecule has 0 atom stereocenters. The third-order valence-electron chi connectivity index (χ3n) is 4.56. The first-order chi connectivity index (χ1) is 17.9. The van der Waals surface area contributed by atoms with Crippen LogP contribution in [0.3, 0.4) is 0 Å². The Hall–Kier alpha value is -1.34. The van der Waals surface area contributed by atoms with Gasteiger partial charge >= 0.3 is 0 Å². The van der Waals surface area contributed by atoms with Crippen LogP contribution in [0.2, 0.25) is 0 Å². The normalized spacial score (nSPS) is 11.4. The van der Waals surface area contributed by atoms with Gasteiger partial charge in [-0.1, -0.05) is 27.7 Å². The predicted molar refractivity (Wildman–Crippen MR) is 141 cm³/mol. The first kappa shape index (κ1) is 35.7. The van der Waals surface area contributed by atoms with E-state index in [1.54, 1.807) is 0 Å². The number of nitrogens with one attached hydrogen (secondary N) is 2. The number of ether oxygens (including phenoxy) is 7. The van der Waals surface area contributed by atoms with Gasteiger partial charge in [0.25, 0.3) is 0 Å². The summed E-state index contributed by atoms with van der Waals surface area (Å²) >= 11 is 0. The highest BCUT2D eigenvalue weighted by atomic mass is 16.6. The highest BCUT2D eigenvalue weighted by molar-refractivity contribution is 5.76. The van der Waals surface area contributed by atoms with E-state index in [1.807, 2.05) is 27.7 Å². The van der Waals surface area contributed by atoms with Crippen LogP contribution in [-0.4, -0.2) is 117 Å². The van der Waals surface area contributed by atoms with Crippen molar-refractivity contribution in [2.45, 2.75) is 40.5 Å². The molecule has 0 aromatic carbocycles. The molecule has 0 aliphatic carbocycles. The van der Waals surface area contributed by atoms with Crippen molar-refractivity contribution in [3.63, 3.8) is 0 Å². The summed E-state index contributed by atoms with van der Waals surface area (Å²) in [6, 6.07) is 0.